The molecule has 0 aromatic heterocycles. The molecule has 0 radical (unpaired) electrons. The van der Waals surface area contributed by atoms with Gasteiger partial charge in [0.2, 0.25) is 0 Å². The number of nitrogens with two attached hydrogens (primary N) is 1. The van der Waals surface area contributed by atoms with E-state index in [2.05, 4.69) is 11.9 Å². The highest BCUT2D eigenvalue weighted by atomic mass is 16.5. The van der Waals surface area contributed by atoms with E-state index in [1.54, 1.807) is 0 Å². The molecule has 1 fully saturated rings. The average Bonchev–Trinajstić information content (AvgIpc) is 2.42. The lowest BCUT2D eigenvalue weighted by atomic mass is 9.94. The van der Waals surface area contributed by atoms with Crippen LogP contribution in [0.4, 0.5) is 5.69 Å². The van der Waals surface area contributed by atoms with Crippen LogP contribution in [0.2, 0.25) is 0 Å². The van der Waals surface area contributed by atoms with E-state index in [4.69, 9.17) is 10.5 Å². The number of nitrogens with zero attached hydrogens (tertiary/aromatic N) is 1. The molecule has 0 bridgehead atoms. The second kappa shape index (κ2) is 6.64. The summed E-state index contributed by atoms with van der Waals surface area (Å²) in [5, 5.41) is 0. The lowest BCUT2D eigenvalue weighted by molar-refractivity contribution is 0.160. The largest absolute Gasteiger partial charge is 0.490 e. The van der Waals surface area contributed by atoms with Crippen molar-refractivity contribution in [2.45, 2.75) is 38.1 Å². The highest BCUT2D eigenvalue weighted by Gasteiger charge is 2.17. The van der Waals surface area contributed by atoms with Gasteiger partial charge in [-0.1, -0.05) is 31.4 Å². The molecule has 1 aromatic rings. The Bertz CT molecular complexity index is 361. The number of nitrogen functional groups attached to an aromatic ring is 1. The van der Waals surface area contributed by atoms with Crippen molar-refractivity contribution in [1.29, 1.82) is 0 Å². The summed E-state index contributed by atoms with van der Waals surface area (Å²) < 4.78 is 5.73. The van der Waals surface area contributed by atoms with Crippen molar-refractivity contribution < 1.29 is 4.74 Å². The average molecular weight is 248 g/mol. The van der Waals surface area contributed by atoms with Crippen LogP contribution in [0.25, 0.3) is 0 Å². The maximum absolute atomic E-state index is 5.84. The van der Waals surface area contributed by atoms with Crippen LogP contribution < -0.4 is 10.5 Å². The zero-order chi connectivity index (χ0) is 12.8. The van der Waals surface area contributed by atoms with Crippen LogP contribution >= 0.6 is 0 Å². The highest BCUT2D eigenvalue weighted by Crippen LogP contribution is 2.22. The summed E-state index contributed by atoms with van der Waals surface area (Å²) in [6, 6.07) is 8.43. The summed E-state index contributed by atoms with van der Waals surface area (Å²) in [5.41, 5.74) is 6.56. The summed E-state index contributed by atoms with van der Waals surface area (Å²) in [5.74, 6) is 0.801. The minimum atomic E-state index is 0.710. The van der Waals surface area contributed by atoms with Crippen LogP contribution in [-0.2, 0) is 0 Å². The Morgan fingerprint density at radius 3 is 2.67 bits per heavy atom. The molecule has 1 aliphatic carbocycles. The molecule has 1 aromatic carbocycles. The first kappa shape index (κ1) is 13.2. The van der Waals surface area contributed by atoms with Gasteiger partial charge in [0.15, 0.2) is 0 Å². The minimum Gasteiger partial charge on any atom is -0.490 e. The lowest BCUT2D eigenvalue weighted by Gasteiger charge is -2.31. The number of hydrogen-bond acceptors (Lipinski definition) is 3. The molecule has 0 amide bonds. The standard InChI is InChI=1S/C15H24N2O/c1-17(13-7-3-2-4-8-13)11-12-18-15-10-6-5-9-14(15)16/h5-6,9-10,13H,2-4,7-8,11-12,16H2,1H3. The van der Waals surface area contributed by atoms with Crippen molar-refractivity contribution in [3.8, 4) is 5.75 Å². The Labute approximate surface area is 110 Å². The van der Waals surface area contributed by atoms with Gasteiger partial charge < -0.3 is 15.4 Å². The predicted molar refractivity (Wildman–Crippen MR) is 75.9 cm³/mol. The van der Waals surface area contributed by atoms with Gasteiger partial charge in [0.1, 0.15) is 12.4 Å². The van der Waals surface area contributed by atoms with E-state index in [0.717, 1.165) is 24.0 Å². The van der Waals surface area contributed by atoms with Crippen LogP contribution in [0.5, 0.6) is 5.75 Å². The molecule has 100 valence electrons. The molecule has 0 saturated heterocycles. The summed E-state index contributed by atoms with van der Waals surface area (Å²) in [7, 11) is 2.20. The molecule has 18 heavy (non-hydrogen) atoms. The zero-order valence-corrected chi connectivity index (χ0v) is 11.3. The number of rotatable bonds is 5. The van der Waals surface area contributed by atoms with Crippen LogP contribution in [-0.4, -0.2) is 31.1 Å². The summed E-state index contributed by atoms with van der Waals surface area (Å²) in [4.78, 5) is 2.43. The van der Waals surface area contributed by atoms with Crippen molar-refractivity contribution in [3.63, 3.8) is 0 Å². The summed E-state index contributed by atoms with van der Waals surface area (Å²) >= 11 is 0. The molecule has 1 saturated carbocycles. The molecule has 1 aliphatic rings. The second-order valence-corrected chi connectivity index (χ2v) is 5.16. The number of para-hydroxylation sites is 2. The molecule has 2 rings (SSSR count). The van der Waals surface area contributed by atoms with E-state index in [0.29, 0.717) is 6.61 Å². The van der Waals surface area contributed by atoms with E-state index in [9.17, 15) is 0 Å². The molecule has 0 spiro atoms. The van der Waals surface area contributed by atoms with Crippen molar-refractivity contribution in [2.24, 2.45) is 0 Å². The van der Waals surface area contributed by atoms with Gasteiger partial charge in [-0.15, -0.1) is 0 Å². The van der Waals surface area contributed by atoms with Crippen LogP contribution in [0, 0.1) is 0 Å². The van der Waals surface area contributed by atoms with Crippen LogP contribution in [0.1, 0.15) is 32.1 Å². The van der Waals surface area contributed by atoms with Gasteiger partial charge in [-0.05, 0) is 32.0 Å². The molecular weight excluding hydrogens is 224 g/mol. The third-order valence-corrected chi connectivity index (χ3v) is 3.82. The lowest BCUT2D eigenvalue weighted by Crippen LogP contribution is -2.36. The van der Waals surface area contributed by atoms with Gasteiger partial charge >= 0.3 is 0 Å². The van der Waals surface area contributed by atoms with Crippen molar-refractivity contribution in [2.75, 3.05) is 25.9 Å². The minimum absolute atomic E-state index is 0.710. The molecule has 0 unspecified atom stereocenters. The first-order chi connectivity index (χ1) is 8.77. The molecule has 0 aliphatic heterocycles. The Hall–Kier alpha value is -1.22. The third kappa shape index (κ3) is 3.64. The fourth-order valence-corrected chi connectivity index (χ4v) is 2.62. The quantitative estimate of drug-likeness (QED) is 0.814. The molecule has 3 nitrogen and oxygen atoms in total. The summed E-state index contributed by atoms with van der Waals surface area (Å²) in [6.45, 7) is 1.68. The van der Waals surface area contributed by atoms with E-state index in [-0.39, 0.29) is 0 Å². The monoisotopic (exact) mass is 248 g/mol. The smallest absolute Gasteiger partial charge is 0.142 e. The van der Waals surface area contributed by atoms with Gasteiger partial charge in [-0.3, -0.25) is 0 Å². The van der Waals surface area contributed by atoms with E-state index >= 15 is 0 Å². The van der Waals surface area contributed by atoms with Gasteiger partial charge in [-0.25, -0.2) is 0 Å². The SMILES string of the molecule is CN(CCOc1ccccc1N)C1CCCCC1. The highest BCUT2D eigenvalue weighted by molar-refractivity contribution is 5.51. The molecule has 0 heterocycles. The van der Waals surface area contributed by atoms with Crippen LogP contribution in [0.15, 0.2) is 24.3 Å². The van der Waals surface area contributed by atoms with E-state index in [1.165, 1.54) is 32.1 Å². The third-order valence-electron chi connectivity index (χ3n) is 3.82. The molecule has 0 atom stereocenters. The predicted octanol–water partition coefficient (Wildman–Crippen LogP) is 2.91. The van der Waals surface area contributed by atoms with Gasteiger partial charge in [0.05, 0.1) is 5.69 Å². The number of ether oxygens (including phenoxy) is 1. The van der Waals surface area contributed by atoms with Crippen LogP contribution in [0.3, 0.4) is 0 Å². The van der Waals surface area contributed by atoms with E-state index in [1.807, 2.05) is 24.3 Å². The summed E-state index contributed by atoms with van der Waals surface area (Å²) in [6.07, 6.45) is 6.83. The second-order valence-electron chi connectivity index (χ2n) is 5.16. The number of anilines is 1. The van der Waals surface area contributed by atoms with Gasteiger partial charge in [0.25, 0.3) is 0 Å². The number of benzene rings is 1. The van der Waals surface area contributed by atoms with Crippen molar-refractivity contribution >= 4 is 5.69 Å². The van der Waals surface area contributed by atoms with Gasteiger partial charge in [-0.2, -0.15) is 0 Å². The fourth-order valence-electron chi connectivity index (χ4n) is 2.62. The topological polar surface area (TPSA) is 38.5 Å². The molecular formula is C15H24N2O. The normalized spacial score (nSPS) is 17.0. The Morgan fingerprint density at radius 2 is 1.94 bits per heavy atom. The first-order valence-corrected chi connectivity index (χ1v) is 6.95. The maximum atomic E-state index is 5.84. The van der Waals surface area contributed by atoms with Crippen molar-refractivity contribution in [3.05, 3.63) is 24.3 Å². The first-order valence-electron chi connectivity index (χ1n) is 6.95. The molecule has 2 N–H and O–H groups in total. The Morgan fingerprint density at radius 1 is 1.22 bits per heavy atom. The van der Waals surface area contributed by atoms with Gasteiger partial charge in [0, 0.05) is 12.6 Å². The fraction of sp³-hybridized carbons (Fsp3) is 0.600. The van der Waals surface area contributed by atoms with E-state index < -0.39 is 0 Å². The maximum Gasteiger partial charge on any atom is 0.142 e. The Kier molecular flexibility index (Phi) is 4.88. The number of likely N-dealkylation sites (N-methyl/N-ethyl adjacent to an activating group) is 1. The zero-order valence-electron chi connectivity index (χ0n) is 11.3. The van der Waals surface area contributed by atoms with Crippen molar-refractivity contribution in [1.82, 2.24) is 4.90 Å². The Balaban J connectivity index is 1.73. The molecule has 3 heteroatoms. The number of hydrogen-bond donors (Lipinski definition) is 1.